The van der Waals surface area contributed by atoms with E-state index in [9.17, 15) is 9.50 Å². The minimum Gasteiger partial charge on any atom is -0.387 e. The van der Waals surface area contributed by atoms with Crippen LogP contribution in [0.3, 0.4) is 0 Å². The highest BCUT2D eigenvalue weighted by atomic mass is 32.2. The Morgan fingerprint density at radius 1 is 1.53 bits per heavy atom. The van der Waals surface area contributed by atoms with Crippen molar-refractivity contribution in [3.63, 3.8) is 0 Å². The number of thioether (sulfide) groups is 1. The molecule has 2 atom stereocenters. The molecule has 0 saturated carbocycles. The molecule has 2 unspecified atom stereocenters. The van der Waals surface area contributed by atoms with Crippen molar-refractivity contribution < 1.29 is 9.50 Å². The van der Waals surface area contributed by atoms with E-state index in [2.05, 4.69) is 0 Å². The number of benzene rings is 1. The molecule has 0 aliphatic carbocycles. The number of aliphatic hydroxyl groups excluding tert-OH is 1. The molecule has 0 aromatic heterocycles. The first-order valence-electron chi connectivity index (χ1n) is 5.24. The number of hydrogen-bond acceptors (Lipinski definition) is 2. The van der Waals surface area contributed by atoms with Crippen molar-refractivity contribution in [1.29, 1.82) is 0 Å². The van der Waals surface area contributed by atoms with Crippen LogP contribution in [0.1, 0.15) is 30.1 Å². The van der Waals surface area contributed by atoms with Crippen LogP contribution in [0.4, 0.5) is 4.39 Å². The summed E-state index contributed by atoms with van der Waals surface area (Å²) in [5, 5.41) is 10.2. The van der Waals surface area contributed by atoms with Gasteiger partial charge in [-0.25, -0.2) is 4.39 Å². The number of aryl methyl sites for hydroxylation is 1. The van der Waals surface area contributed by atoms with Crippen molar-refractivity contribution in [3.8, 4) is 0 Å². The van der Waals surface area contributed by atoms with Gasteiger partial charge in [-0.3, -0.25) is 0 Å². The monoisotopic (exact) mass is 226 g/mol. The minimum atomic E-state index is -0.655. The Labute approximate surface area is 93.7 Å². The van der Waals surface area contributed by atoms with Gasteiger partial charge in [-0.15, -0.1) is 0 Å². The average molecular weight is 226 g/mol. The summed E-state index contributed by atoms with van der Waals surface area (Å²) in [6.45, 7) is 1.91. The molecule has 0 bridgehead atoms. The molecule has 0 spiro atoms. The van der Waals surface area contributed by atoms with E-state index in [0.717, 1.165) is 24.2 Å². The van der Waals surface area contributed by atoms with Crippen molar-refractivity contribution in [1.82, 2.24) is 0 Å². The lowest BCUT2D eigenvalue weighted by molar-refractivity contribution is 0.168. The molecule has 1 aliphatic heterocycles. The summed E-state index contributed by atoms with van der Waals surface area (Å²) in [5.74, 6) is 0.787. The summed E-state index contributed by atoms with van der Waals surface area (Å²) < 4.78 is 13.5. The van der Waals surface area contributed by atoms with Gasteiger partial charge in [0.05, 0.1) is 6.10 Å². The predicted octanol–water partition coefficient (Wildman–Crippen LogP) is 3.06. The van der Waals surface area contributed by atoms with E-state index in [0.29, 0.717) is 5.56 Å². The fourth-order valence-electron chi connectivity index (χ4n) is 1.94. The van der Waals surface area contributed by atoms with Gasteiger partial charge >= 0.3 is 0 Å². The molecule has 1 fully saturated rings. The normalized spacial score (nSPS) is 23.0. The maximum absolute atomic E-state index is 13.5. The summed E-state index contributed by atoms with van der Waals surface area (Å²) in [7, 11) is 0. The highest BCUT2D eigenvalue weighted by Crippen LogP contribution is 2.36. The minimum absolute atomic E-state index is 0.168. The molecular formula is C12H15FOS. The third kappa shape index (κ3) is 2.34. The van der Waals surface area contributed by atoms with E-state index in [4.69, 9.17) is 0 Å². The highest BCUT2D eigenvalue weighted by Gasteiger charge is 2.26. The molecule has 2 rings (SSSR count). The van der Waals surface area contributed by atoms with Crippen LogP contribution in [-0.2, 0) is 0 Å². The van der Waals surface area contributed by atoms with Gasteiger partial charge in [-0.1, -0.05) is 17.7 Å². The molecule has 1 nitrogen and oxygen atoms in total. The standard InChI is InChI=1S/C12H15FOS/c1-8-4-5-10(13)9(7-8)12(14)11-3-2-6-15-11/h4-5,7,11-12,14H,2-3,6H2,1H3. The quantitative estimate of drug-likeness (QED) is 0.836. The second-order valence-electron chi connectivity index (χ2n) is 4.02. The van der Waals surface area contributed by atoms with Gasteiger partial charge < -0.3 is 5.11 Å². The Hall–Kier alpha value is -0.540. The van der Waals surface area contributed by atoms with Crippen molar-refractivity contribution in [2.24, 2.45) is 0 Å². The molecule has 1 aromatic rings. The smallest absolute Gasteiger partial charge is 0.129 e. The van der Waals surface area contributed by atoms with Crippen LogP contribution < -0.4 is 0 Å². The van der Waals surface area contributed by atoms with Gasteiger partial charge in [-0.05, 0) is 31.6 Å². The van der Waals surface area contributed by atoms with E-state index >= 15 is 0 Å². The summed E-state index contributed by atoms with van der Waals surface area (Å²) in [6, 6.07) is 4.92. The zero-order valence-corrected chi connectivity index (χ0v) is 9.56. The lowest BCUT2D eigenvalue weighted by atomic mass is 10.0. The first-order chi connectivity index (χ1) is 7.18. The predicted molar refractivity (Wildman–Crippen MR) is 61.6 cm³/mol. The van der Waals surface area contributed by atoms with E-state index in [1.165, 1.54) is 6.07 Å². The van der Waals surface area contributed by atoms with E-state index in [1.807, 2.05) is 6.92 Å². The van der Waals surface area contributed by atoms with Crippen LogP contribution in [-0.4, -0.2) is 16.1 Å². The molecular weight excluding hydrogens is 211 g/mol. The third-order valence-corrected chi connectivity index (χ3v) is 4.23. The van der Waals surface area contributed by atoms with Gasteiger partial charge in [0, 0.05) is 10.8 Å². The number of halogens is 1. The Kier molecular flexibility index (Phi) is 3.32. The van der Waals surface area contributed by atoms with Gasteiger partial charge in [-0.2, -0.15) is 11.8 Å². The molecule has 1 aliphatic rings. The maximum Gasteiger partial charge on any atom is 0.129 e. The van der Waals surface area contributed by atoms with E-state index in [1.54, 1.807) is 23.9 Å². The maximum atomic E-state index is 13.5. The molecule has 1 saturated heterocycles. The molecule has 1 N–H and O–H groups in total. The van der Waals surface area contributed by atoms with Gasteiger partial charge in [0.1, 0.15) is 5.82 Å². The summed E-state index contributed by atoms with van der Waals surface area (Å²) in [4.78, 5) is 0. The van der Waals surface area contributed by atoms with Gasteiger partial charge in [0.15, 0.2) is 0 Å². The van der Waals surface area contributed by atoms with Crippen LogP contribution in [0.25, 0.3) is 0 Å². The van der Waals surface area contributed by atoms with Crippen molar-refractivity contribution >= 4 is 11.8 Å². The van der Waals surface area contributed by atoms with Crippen molar-refractivity contribution in [2.45, 2.75) is 31.1 Å². The average Bonchev–Trinajstić information content (AvgIpc) is 2.74. The highest BCUT2D eigenvalue weighted by molar-refractivity contribution is 8.00. The third-order valence-electron chi connectivity index (χ3n) is 2.79. The first kappa shape index (κ1) is 11.0. The molecule has 82 valence electrons. The van der Waals surface area contributed by atoms with Crippen LogP contribution in [0.15, 0.2) is 18.2 Å². The second-order valence-corrected chi connectivity index (χ2v) is 5.37. The lowest BCUT2D eigenvalue weighted by Crippen LogP contribution is -2.13. The van der Waals surface area contributed by atoms with Crippen molar-refractivity contribution in [3.05, 3.63) is 35.1 Å². The Morgan fingerprint density at radius 3 is 3.00 bits per heavy atom. The largest absolute Gasteiger partial charge is 0.387 e. The number of rotatable bonds is 2. The summed E-state index contributed by atoms with van der Waals surface area (Å²) in [5.41, 5.74) is 1.45. The summed E-state index contributed by atoms with van der Waals surface area (Å²) in [6.07, 6.45) is 1.45. The molecule has 0 radical (unpaired) electrons. The van der Waals surface area contributed by atoms with Crippen LogP contribution in [0.2, 0.25) is 0 Å². The Balaban J connectivity index is 2.23. The topological polar surface area (TPSA) is 20.2 Å². The Bertz CT molecular complexity index is 347. The van der Waals surface area contributed by atoms with E-state index in [-0.39, 0.29) is 11.1 Å². The van der Waals surface area contributed by atoms with Gasteiger partial charge in [0.2, 0.25) is 0 Å². The number of aliphatic hydroxyl groups is 1. The first-order valence-corrected chi connectivity index (χ1v) is 6.29. The number of hydrogen-bond donors (Lipinski definition) is 1. The van der Waals surface area contributed by atoms with Crippen LogP contribution >= 0.6 is 11.8 Å². The molecule has 15 heavy (non-hydrogen) atoms. The van der Waals surface area contributed by atoms with Gasteiger partial charge in [0.25, 0.3) is 0 Å². The fraction of sp³-hybridized carbons (Fsp3) is 0.500. The van der Waals surface area contributed by atoms with Crippen molar-refractivity contribution in [2.75, 3.05) is 5.75 Å². The SMILES string of the molecule is Cc1ccc(F)c(C(O)C2CCCS2)c1. The van der Waals surface area contributed by atoms with Crippen LogP contribution in [0, 0.1) is 12.7 Å². The van der Waals surface area contributed by atoms with Crippen LogP contribution in [0.5, 0.6) is 0 Å². The second kappa shape index (κ2) is 4.54. The Morgan fingerprint density at radius 2 is 2.33 bits per heavy atom. The molecule has 1 heterocycles. The van der Waals surface area contributed by atoms with E-state index < -0.39 is 6.10 Å². The molecule has 1 aromatic carbocycles. The zero-order valence-electron chi connectivity index (χ0n) is 8.74. The molecule has 0 amide bonds. The lowest BCUT2D eigenvalue weighted by Gasteiger charge is -2.18. The fourth-order valence-corrected chi connectivity index (χ4v) is 3.24. The summed E-state index contributed by atoms with van der Waals surface area (Å²) >= 11 is 1.74. The zero-order chi connectivity index (χ0) is 10.8. The molecule has 3 heteroatoms.